The van der Waals surface area contributed by atoms with Gasteiger partial charge in [-0.2, -0.15) is 4.31 Å². The Morgan fingerprint density at radius 3 is 2.32 bits per heavy atom. The van der Waals surface area contributed by atoms with E-state index in [1.807, 2.05) is 0 Å². The summed E-state index contributed by atoms with van der Waals surface area (Å²) in [7, 11) is -3.99. The van der Waals surface area contributed by atoms with Crippen LogP contribution in [0.5, 0.6) is 0 Å². The fourth-order valence-corrected chi connectivity index (χ4v) is 3.56. The van der Waals surface area contributed by atoms with Crippen LogP contribution in [0.1, 0.15) is 5.56 Å². The summed E-state index contributed by atoms with van der Waals surface area (Å²) in [6.07, 6.45) is 0. The number of nitrogens with zero attached hydrogens (tertiary/aromatic N) is 1. The highest BCUT2D eigenvalue weighted by Crippen LogP contribution is 2.18. The zero-order chi connectivity index (χ0) is 18.3. The molecule has 2 aromatic rings. The Morgan fingerprint density at radius 2 is 1.72 bits per heavy atom. The number of hydrogen-bond donors (Lipinski definition) is 2. The lowest BCUT2D eigenvalue weighted by atomic mass is 10.2. The first-order valence-corrected chi connectivity index (χ1v) is 9.04. The SMILES string of the molecule is O=C(CN(Cc1ccccc1)S(=O)(=O)c1ccc(F)cc1)NCCO. The minimum Gasteiger partial charge on any atom is -0.395 e. The molecule has 0 saturated heterocycles. The first-order chi connectivity index (χ1) is 11.9. The molecule has 0 radical (unpaired) electrons. The van der Waals surface area contributed by atoms with Crippen molar-refractivity contribution in [3.05, 3.63) is 66.0 Å². The van der Waals surface area contributed by atoms with Crippen LogP contribution in [0.2, 0.25) is 0 Å². The van der Waals surface area contributed by atoms with Crippen molar-refractivity contribution in [2.45, 2.75) is 11.4 Å². The molecule has 0 aliphatic carbocycles. The van der Waals surface area contributed by atoms with Gasteiger partial charge in [0.2, 0.25) is 15.9 Å². The van der Waals surface area contributed by atoms with Crippen LogP contribution in [0.3, 0.4) is 0 Å². The van der Waals surface area contributed by atoms with Gasteiger partial charge < -0.3 is 10.4 Å². The van der Waals surface area contributed by atoms with Gasteiger partial charge in [0.25, 0.3) is 0 Å². The zero-order valence-electron chi connectivity index (χ0n) is 13.4. The van der Waals surface area contributed by atoms with Crippen LogP contribution >= 0.6 is 0 Å². The standard InChI is InChI=1S/C17H19FN2O4S/c18-15-6-8-16(9-7-15)25(23,24)20(13-17(22)19-10-11-21)12-14-4-2-1-3-5-14/h1-9,21H,10-13H2,(H,19,22). The van der Waals surface area contributed by atoms with Crippen LogP contribution in [0.25, 0.3) is 0 Å². The number of aliphatic hydroxyl groups is 1. The third-order valence-electron chi connectivity index (χ3n) is 3.41. The maximum atomic E-state index is 13.1. The Hall–Kier alpha value is -2.29. The Bertz CT molecular complexity index is 795. The molecule has 0 fully saturated rings. The number of rotatable bonds is 8. The van der Waals surface area contributed by atoms with Gasteiger partial charge in [-0.3, -0.25) is 4.79 Å². The van der Waals surface area contributed by atoms with E-state index in [0.717, 1.165) is 28.6 Å². The van der Waals surface area contributed by atoms with Crippen molar-refractivity contribution in [1.29, 1.82) is 0 Å². The number of nitrogens with one attached hydrogen (secondary N) is 1. The van der Waals surface area contributed by atoms with Gasteiger partial charge >= 0.3 is 0 Å². The second-order valence-electron chi connectivity index (χ2n) is 5.29. The monoisotopic (exact) mass is 366 g/mol. The highest BCUT2D eigenvalue weighted by atomic mass is 32.2. The fraction of sp³-hybridized carbons (Fsp3) is 0.235. The van der Waals surface area contributed by atoms with Crippen LogP contribution in [0.4, 0.5) is 4.39 Å². The molecule has 0 aliphatic rings. The van der Waals surface area contributed by atoms with Gasteiger partial charge in [0.05, 0.1) is 18.0 Å². The van der Waals surface area contributed by atoms with E-state index in [2.05, 4.69) is 5.32 Å². The number of carbonyl (C=O) groups excluding carboxylic acids is 1. The summed E-state index contributed by atoms with van der Waals surface area (Å²) < 4.78 is 39.8. The highest BCUT2D eigenvalue weighted by molar-refractivity contribution is 7.89. The molecule has 8 heteroatoms. The van der Waals surface area contributed by atoms with E-state index in [0.29, 0.717) is 5.56 Å². The van der Waals surface area contributed by atoms with E-state index in [1.165, 1.54) is 0 Å². The van der Waals surface area contributed by atoms with Crippen LogP contribution in [-0.4, -0.2) is 43.4 Å². The van der Waals surface area contributed by atoms with Gasteiger partial charge in [-0.15, -0.1) is 0 Å². The van der Waals surface area contributed by atoms with Crippen molar-refractivity contribution in [3.63, 3.8) is 0 Å². The van der Waals surface area contributed by atoms with Crippen molar-refractivity contribution in [2.75, 3.05) is 19.7 Å². The van der Waals surface area contributed by atoms with Crippen LogP contribution < -0.4 is 5.32 Å². The van der Waals surface area contributed by atoms with Crippen molar-refractivity contribution >= 4 is 15.9 Å². The number of aliphatic hydroxyl groups excluding tert-OH is 1. The molecule has 0 heterocycles. The molecule has 2 N–H and O–H groups in total. The van der Waals surface area contributed by atoms with Crippen LogP contribution in [-0.2, 0) is 21.4 Å². The highest BCUT2D eigenvalue weighted by Gasteiger charge is 2.26. The Labute approximate surface area is 146 Å². The maximum Gasteiger partial charge on any atom is 0.243 e. The van der Waals surface area contributed by atoms with E-state index in [9.17, 15) is 17.6 Å². The Kier molecular flexibility index (Phi) is 6.63. The second kappa shape index (κ2) is 8.70. The molecule has 2 rings (SSSR count). The van der Waals surface area contributed by atoms with Gasteiger partial charge in [-0.25, -0.2) is 12.8 Å². The van der Waals surface area contributed by atoms with E-state index < -0.39 is 28.3 Å². The minimum absolute atomic E-state index is 0.00685. The zero-order valence-corrected chi connectivity index (χ0v) is 14.2. The molecule has 6 nitrogen and oxygen atoms in total. The molecule has 0 bridgehead atoms. The largest absolute Gasteiger partial charge is 0.395 e. The summed E-state index contributed by atoms with van der Waals surface area (Å²) in [6, 6.07) is 13.3. The Morgan fingerprint density at radius 1 is 1.08 bits per heavy atom. The van der Waals surface area contributed by atoms with E-state index >= 15 is 0 Å². The summed E-state index contributed by atoms with van der Waals surface area (Å²) in [5, 5.41) is 11.2. The van der Waals surface area contributed by atoms with E-state index in [1.54, 1.807) is 30.3 Å². The first kappa shape index (κ1) is 19.0. The number of sulfonamides is 1. The molecular weight excluding hydrogens is 347 g/mol. The molecule has 0 atom stereocenters. The van der Waals surface area contributed by atoms with Crippen molar-refractivity contribution in [3.8, 4) is 0 Å². The fourth-order valence-electron chi connectivity index (χ4n) is 2.18. The van der Waals surface area contributed by atoms with Crippen molar-refractivity contribution in [2.24, 2.45) is 0 Å². The molecule has 2 aromatic carbocycles. The smallest absolute Gasteiger partial charge is 0.243 e. The maximum absolute atomic E-state index is 13.1. The summed E-state index contributed by atoms with van der Waals surface area (Å²) >= 11 is 0. The van der Waals surface area contributed by atoms with Gasteiger partial charge in [-0.1, -0.05) is 30.3 Å². The lowest BCUT2D eigenvalue weighted by molar-refractivity contribution is -0.121. The predicted octanol–water partition coefficient (Wildman–Crippen LogP) is 1.13. The van der Waals surface area contributed by atoms with Gasteiger partial charge in [0.1, 0.15) is 5.82 Å². The molecule has 0 aromatic heterocycles. The van der Waals surface area contributed by atoms with Crippen molar-refractivity contribution in [1.82, 2.24) is 9.62 Å². The molecule has 0 aliphatic heterocycles. The van der Waals surface area contributed by atoms with E-state index in [4.69, 9.17) is 5.11 Å². The number of benzene rings is 2. The average molecular weight is 366 g/mol. The summed E-state index contributed by atoms with van der Waals surface area (Å²) in [5.74, 6) is -1.08. The number of amides is 1. The summed E-state index contributed by atoms with van der Waals surface area (Å²) in [4.78, 5) is 11.8. The molecule has 0 unspecified atom stereocenters. The third-order valence-corrected chi connectivity index (χ3v) is 5.21. The number of halogens is 1. The number of hydrogen-bond acceptors (Lipinski definition) is 4. The molecule has 0 spiro atoms. The quantitative estimate of drug-likeness (QED) is 0.733. The normalized spacial score (nSPS) is 11.5. The second-order valence-corrected chi connectivity index (χ2v) is 7.22. The lowest BCUT2D eigenvalue weighted by Gasteiger charge is -2.22. The molecule has 1 amide bonds. The first-order valence-electron chi connectivity index (χ1n) is 7.60. The molecule has 134 valence electrons. The average Bonchev–Trinajstić information content (AvgIpc) is 2.60. The minimum atomic E-state index is -3.99. The Balaban J connectivity index is 2.28. The summed E-state index contributed by atoms with van der Waals surface area (Å²) in [6.45, 7) is -0.620. The summed E-state index contributed by atoms with van der Waals surface area (Å²) in [5.41, 5.74) is 0.711. The van der Waals surface area contributed by atoms with Gasteiger partial charge in [0.15, 0.2) is 0 Å². The number of carbonyl (C=O) groups is 1. The third kappa shape index (κ3) is 5.35. The van der Waals surface area contributed by atoms with Gasteiger partial charge in [-0.05, 0) is 29.8 Å². The van der Waals surface area contributed by atoms with Crippen molar-refractivity contribution < 1.29 is 22.7 Å². The van der Waals surface area contributed by atoms with Crippen LogP contribution in [0, 0.1) is 5.82 Å². The van der Waals surface area contributed by atoms with Gasteiger partial charge in [0, 0.05) is 13.1 Å². The molecule has 25 heavy (non-hydrogen) atoms. The van der Waals surface area contributed by atoms with E-state index in [-0.39, 0.29) is 24.6 Å². The topological polar surface area (TPSA) is 86.7 Å². The molecule has 0 saturated carbocycles. The predicted molar refractivity (Wildman–Crippen MR) is 90.5 cm³/mol. The van der Waals surface area contributed by atoms with Crippen LogP contribution in [0.15, 0.2) is 59.5 Å². The molecular formula is C17H19FN2O4S. The lowest BCUT2D eigenvalue weighted by Crippen LogP contribution is -2.41.